The molecule has 2 N–H and O–H groups in total. The van der Waals surface area contributed by atoms with E-state index in [2.05, 4.69) is 4.98 Å². The lowest BCUT2D eigenvalue weighted by atomic mass is 10.3. The van der Waals surface area contributed by atoms with Crippen LogP contribution in [0.25, 0.3) is 0 Å². The van der Waals surface area contributed by atoms with Crippen LogP contribution in [0.5, 0.6) is 11.6 Å². The molecule has 0 unspecified atom stereocenters. The van der Waals surface area contributed by atoms with Crippen molar-refractivity contribution in [3.63, 3.8) is 0 Å². The van der Waals surface area contributed by atoms with Gasteiger partial charge in [0.15, 0.2) is 0 Å². The summed E-state index contributed by atoms with van der Waals surface area (Å²) in [5.41, 5.74) is 6.13. The zero-order valence-electron chi connectivity index (χ0n) is 7.96. The predicted molar refractivity (Wildman–Crippen MR) is 62.4 cm³/mol. The average molecular weight is 223 g/mol. The Hall–Kier alpha value is -1.74. The highest BCUT2D eigenvalue weighted by atomic mass is 35.5. The van der Waals surface area contributed by atoms with Crippen LogP contribution in [0.1, 0.15) is 0 Å². The molecule has 0 aliphatic carbocycles. The van der Waals surface area contributed by atoms with E-state index in [0.29, 0.717) is 11.6 Å². The Labute approximate surface area is 94.3 Å². The molecule has 1 aromatic carbocycles. The van der Waals surface area contributed by atoms with Gasteiger partial charge in [-0.15, -0.1) is 12.4 Å². The van der Waals surface area contributed by atoms with Crippen molar-refractivity contribution in [3.05, 3.63) is 48.7 Å². The quantitative estimate of drug-likeness (QED) is 0.850. The lowest BCUT2D eigenvalue weighted by Gasteiger charge is -2.03. The Morgan fingerprint density at radius 3 is 2.33 bits per heavy atom. The van der Waals surface area contributed by atoms with Crippen molar-refractivity contribution in [3.8, 4) is 11.6 Å². The maximum Gasteiger partial charge on any atom is 0.219 e. The van der Waals surface area contributed by atoms with E-state index in [1.165, 1.54) is 0 Å². The van der Waals surface area contributed by atoms with Gasteiger partial charge in [0.25, 0.3) is 0 Å². The minimum absolute atomic E-state index is 0. The molecule has 1 heterocycles. The van der Waals surface area contributed by atoms with Crippen LogP contribution in [0, 0.1) is 0 Å². The SMILES string of the molecule is Cl.Nc1ccc(Oc2ccccc2)nc1. The summed E-state index contributed by atoms with van der Waals surface area (Å²) in [5.74, 6) is 1.31. The lowest BCUT2D eigenvalue weighted by molar-refractivity contribution is 0.463. The van der Waals surface area contributed by atoms with Crippen LogP contribution in [0.15, 0.2) is 48.7 Å². The first-order valence-electron chi connectivity index (χ1n) is 4.29. The molecule has 0 fully saturated rings. The molecule has 0 spiro atoms. The van der Waals surface area contributed by atoms with E-state index in [1.807, 2.05) is 30.3 Å². The van der Waals surface area contributed by atoms with Crippen LogP contribution in [0.3, 0.4) is 0 Å². The summed E-state index contributed by atoms with van der Waals surface area (Å²) in [7, 11) is 0. The smallest absolute Gasteiger partial charge is 0.219 e. The summed E-state index contributed by atoms with van der Waals surface area (Å²) in [4.78, 5) is 4.03. The largest absolute Gasteiger partial charge is 0.439 e. The molecule has 0 radical (unpaired) electrons. The summed E-state index contributed by atoms with van der Waals surface area (Å²) >= 11 is 0. The number of aromatic nitrogens is 1. The zero-order chi connectivity index (χ0) is 9.80. The molecule has 0 atom stereocenters. The van der Waals surface area contributed by atoms with Gasteiger partial charge < -0.3 is 10.5 Å². The fraction of sp³-hybridized carbons (Fsp3) is 0. The van der Waals surface area contributed by atoms with E-state index >= 15 is 0 Å². The zero-order valence-corrected chi connectivity index (χ0v) is 8.78. The third-order valence-electron chi connectivity index (χ3n) is 1.72. The molecule has 2 rings (SSSR count). The van der Waals surface area contributed by atoms with Crippen molar-refractivity contribution < 1.29 is 4.74 Å². The molecular formula is C11H11ClN2O. The highest BCUT2D eigenvalue weighted by Crippen LogP contribution is 2.18. The van der Waals surface area contributed by atoms with Gasteiger partial charge in [-0.05, 0) is 18.2 Å². The summed E-state index contributed by atoms with van der Waals surface area (Å²) in [6, 6.07) is 13.0. The number of pyridine rings is 1. The van der Waals surface area contributed by atoms with Crippen LogP contribution in [0.2, 0.25) is 0 Å². The number of halogens is 1. The van der Waals surface area contributed by atoms with Crippen molar-refractivity contribution >= 4 is 18.1 Å². The minimum Gasteiger partial charge on any atom is -0.439 e. The van der Waals surface area contributed by atoms with Crippen molar-refractivity contribution in [2.24, 2.45) is 0 Å². The molecule has 1 aromatic heterocycles. The Morgan fingerprint density at radius 1 is 1.00 bits per heavy atom. The van der Waals surface area contributed by atoms with Crippen molar-refractivity contribution in [2.75, 3.05) is 5.73 Å². The van der Waals surface area contributed by atoms with E-state index in [1.54, 1.807) is 18.3 Å². The molecule has 0 amide bonds. The molecular weight excluding hydrogens is 212 g/mol. The van der Waals surface area contributed by atoms with Gasteiger partial charge in [0.2, 0.25) is 5.88 Å². The number of hydrogen-bond acceptors (Lipinski definition) is 3. The lowest BCUT2D eigenvalue weighted by Crippen LogP contribution is -1.89. The first-order chi connectivity index (χ1) is 6.84. The molecule has 2 aromatic rings. The molecule has 0 saturated heterocycles. The number of nitrogens with zero attached hydrogens (tertiary/aromatic N) is 1. The van der Waals surface area contributed by atoms with Crippen LogP contribution in [-0.4, -0.2) is 4.98 Å². The first-order valence-corrected chi connectivity index (χ1v) is 4.29. The Kier molecular flexibility index (Phi) is 3.94. The molecule has 3 nitrogen and oxygen atoms in total. The highest BCUT2D eigenvalue weighted by Gasteiger charge is 1.96. The van der Waals surface area contributed by atoms with E-state index in [9.17, 15) is 0 Å². The topological polar surface area (TPSA) is 48.1 Å². The van der Waals surface area contributed by atoms with Gasteiger partial charge in [0, 0.05) is 6.07 Å². The molecule has 15 heavy (non-hydrogen) atoms. The number of hydrogen-bond donors (Lipinski definition) is 1. The standard InChI is InChI=1S/C11H10N2O.ClH/c12-9-6-7-11(13-8-9)14-10-4-2-1-3-5-10;/h1-8H,12H2;1H. The maximum absolute atomic E-state index is 5.50. The normalized spacial score (nSPS) is 9.07. The van der Waals surface area contributed by atoms with Gasteiger partial charge >= 0.3 is 0 Å². The number of ether oxygens (including phenoxy) is 1. The number of nitrogen functional groups attached to an aromatic ring is 1. The molecule has 0 bridgehead atoms. The first kappa shape index (κ1) is 11.3. The van der Waals surface area contributed by atoms with Crippen molar-refractivity contribution in [2.45, 2.75) is 0 Å². The van der Waals surface area contributed by atoms with Gasteiger partial charge in [0.1, 0.15) is 5.75 Å². The minimum atomic E-state index is 0. The monoisotopic (exact) mass is 222 g/mol. The fourth-order valence-corrected chi connectivity index (χ4v) is 1.06. The van der Waals surface area contributed by atoms with E-state index < -0.39 is 0 Å². The third-order valence-corrected chi connectivity index (χ3v) is 1.72. The van der Waals surface area contributed by atoms with E-state index in [4.69, 9.17) is 10.5 Å². The van der Waals surface area contributed by atoms with Gasteiger partial charge in [-0.1, -0.05) is 18.2 Å². The molecule has 0 saturated carbocycles. The van der Waals surface area contributed by atoms with Crippen molar-refractivity contribution in [1.29, 1.82) is 0 Å². The second-order valence-corrected chi connectivity index (χ2v) is 2.84. The third kappa shape index (κ3) is 3.14. The highest BCUT2D eigenvalue weighted by molar-refractivity contribution is 5.85. The summed E-state index contributed by atoms with van der Waals surface area (Å²) in [6.07, 6.45) is 1.57. The number of anilines is 1. The van der Waals surface area contributed by atoms with Gasteiger partial charge in [-0.25, -0.2) is 4.98 Å². The van der Waals surface area contributed by atoms with E-state index in [0.717, 1.165) is 5.75 Å². The van der Waals surface area contributed by atoms with Gasteiger partial charge in [-0.2, -0.15) is 0 Å². The van der Waals surface area contributed by atoms with Crippen LogP contribution < -0.4 is 10.5 Å². The van der Waals surface area contributed by atoms with Crippen LogP contribution >= 0.6 is 12.4 Å². The van der Waals surface area contributed by atoms with Crippen molar-refractivity contribution in [1.82, 2.24) is 4.98 Å². The number of para-hydroxylation sites is 1. The molecule has 78 valence electrons. The summed E-state index contributed by atoms with van der Waals surface area (Å²) in [6.45, 7) is 0. The Bertz CT molecular complexity index is 403. The Balaban J connectivity index is 0.00000112. The van der Waals surface area contributed by atoms with Crippen LogP contribution in [-0.2, 0) is 0 Å². The number of benzene rings is 1. The molecule has 0 aliphatic rings. The number of rotatable bonds is 2. The Morgan fingerprint density at radius 2 is 1.73 bits per heavy atom. The maximum atomic E-state index is 5.50. The summed E-state index contributed by atoms with van der Waals surface area (Å²) < 4.78 is 5.47. The second-order valence-electron chi connectivity index (χ2n) is 2.84. The van der Waals surface area contributed by atoms with Gasteiger partial charge in [0.05, 0.1) is 11.9 Å². The summed E-state index contributed by atoms with van der Waals surface area (Å²) in [5, 5.41) is 0. The average Bonchev–Trinajstić information content (AvgIpc) is 2.23. The molecule has 0 aliphatic heterocycles. The number of nitrogens with two attached hydrogens (primary N) is 1. The predicted octanol–water partition coefficient (Wildman–Crippen LogP) is 2.88. The second kappa shape index (κ2) is 5.22. The fourth-order valence-electron chi connectivity index (χ4n) is 1.06. The van der Waals surface area contributed by atoms with Gasteiger partial charge in [-0.3, -0.25) is 0 Å². The van der Waals surface area contributed by atoms with Crippen LogP contribution in [0.4, 0.5) is 5.69 Å². The van der Waals surface area contributed by atoms with E-state index in [-0.39, 0.29) is 12.4 Å². The molecule has 4 heteroatoms.